The van der Waals surface area contributed by atoms with Gasteiger partial charge in [0.05, 0.1) is 6.21 Å². The van der Waals surface area contributed by atoms with Gasteiger partial charge < -0.3 is 5.32 Å². The lowest BCUT2D eigenvalue weighted by atomic mass is 10.1. The maximum absolute atomic E-state index is 11.8. The lowest BCUT2D eigenvalue weighted by molar-refractivity contribution is -0.136. The van der Waals surface area contributed by atoms with E-state index in [1.807, 2.05) is 43.3 Å². The quantitative estimate of drug-likeness (QED) is 0.491. The molecule has 2 N–H and O–H groups in total. The Balaban J connectivity index is 1.86. The third-order valence-corrected chi connectivity index (χ3v) is 3.60. The van der Waals surface area contributed by atoms with Crippen molar-refractivity contribution in [3.63, 3.8) is 0 Å². The number of carbonyl (C=O) groups is 2. The number of halogens is 1. The van der Waals surface area contributed by atoms with Gasteiger partial charge in [-0.25, -0.2) is 5.43 Å². The Kier molecular flexibility index (Phi) is 6.05. The number of rotatable bonds is 4. The Morgan fingerprint density at radius 2 is 1.70 bits per heavy atom. The zero-order valence-electron chi connectivity index (χ0n) is 12.5. The molecule has 0 saturated carbocycles. The Labute approximate surface area is 142 Å². The highest BCUT2D eigenvalue weighted by atomic mass is 79.9. The zero-order chi connectivity index (χ0) is 16.7. The van der Waals surface area contributed by atoms with E-state index in [1.165, 1.54) is 6.21 Å². The predicted molar refractivity (Wildman–Crippen MR) is 94.3 cm³/mol. The van der Waals surface area contributed by atoms with Crippen LogP contribution in [-0.4, -0.2) is 18.0 Å². The van der Waals surface area contributed by atoms with Crippen molar-refractivity contribution in [2.24, 2.45) is 5.10 Å². The number of benzene rings is 2. The van der Waals surface area contributed by atoms with Crippen molar-refractivity contribution in [3.8, 4) is 0 Å². The summed E-state index contributed by atoms with van der Waals surface area (Å²) in [5, 5.41) is 6.28. The molecule has 118 valence electrons. The second-order valence-electron chi connectivity index (χ2n) is 4.76. The minimum Gasteiger partial charge on any atom is -0.318 e. The number of anilines is 1. The number of amides is 2. The van der Waals surface area contributed by atoms with Crippen molar-refractivity contribution in [2.75, 3.05) is 5.32 Å². The third-order valence-electron chi connectivity index (χ3n) is 3.08. The smallest absolute Gasteiger partial charge is 0.318 e. The van der Waals surface area contributed by atoms with E-state index in [0.717, 1.165) is 22.0 Å². The molecule has 0 aromatic heterocycles. The monoisotopic (exact) mass is 373 g/mol. The first-order valence-corrected chi connectivity index (χ1v) is 7.86. The van der Waals surface area contributed by atoms with Gasteiger partial charge in [-0.2, -0.15) is 5.10 Å². The van der Waals surface area contributed by atoms with E-state index in [-0.39, 0.29) is 0 Å². The van der Waals surface area contributed by atoms with Crippen LogP contribution in [-0.2, 0) is 16.0 Å². The van der Waals surface area contributed by atoms with Crippen molar-refractivity contribution < 1.29 is 9.59 Å². The van der Waals surface area contributed by atoms with Crippen LogP contribution in [0, 0.1) is 0 Å². The minimum absolute atomic E-state index is 0.569. The number of nitrogens with zero attached hydrogens (tertiary/aromatic N) is 1. The molecule has 0 unspecified atom stereocenters. The second-order valence-corrected chi connectivity index (χ2v) is 5.67. The first-order chi connectivity index (χ1) is 11.1. The van der Waals surface area contributed by atoms with Gasteiger partial charge in [-0.1, -0.05) is 47.1 Å². The van der Waals surface area contributed by atoms with Crippen LogP contribution in [0.4, 0.5) is 5.69 Å². The van der Waals surface area contributed by atoms with E-state index in [9.17, 15) is 9.59 Å². The van der Waals surface area contributed by atoms with E-state index < -0.39 is 11.8 Å². The molecular formula is C17H16BrN3O2. The van der Waals surface area contributed by atoms with Crippen molar-refractivity contribution in [1.82, 2.24) is 5.43 Å². The summed E-state index contributed by atoms with van der Waals surface area (Å²) in [6.07, 6.45) is 2.38. The van der Waals surface area contributed by atoms with Crippen LogP contribution >= 0.6 is 15.9 Å². The summed E-state index contributed by atoms with van der Waals surface area (Å²) in [4.78, 5) is 23.4. The fourth-order valence-electron chi connectivity index (χ4n) is 1.78. The van der Waals surface area contributed by atoms with Crippen LogP contribution in [0.1, 0.15) is 18.1 Å². The molecule has 0 spiro atoms. The fraction of sp³-hybridized carbons (Fsp3) is 0.118. The molecule has 0 atom stereocenters. The Morgan fingerprint density at radius 1 is 1.04 bits per heavy atom. The van der Waals surface area contributed by atoms with Crippen molar-refractivity contribution in [2.45, 2.75) is 13.3 Å². The topological polar surface area (TPSA) is 70.6 Å². The second kappa shape index (κ2) is 8.24. The van der Waals surface area contributed by atoms with Gasteiger partial charge in [-0.3, -0.25) is 9.59 Å². The van der Waals surface area contributed by atoms with Crippen molar-refractivity contribution in [3.05, 3.63) is 64.1 Å². The van der Waals surface area contributed by atoms with Gasteiger partial charge in [-0.05, 0) is 41.8 Å². The van der Waals surface area contributed by atoms with Gasteiger partial charge >= 0.3 is 11.8 Å². The third kappa shape index (κ3) is 5.34. The number of aryl methyl sites for hydroxylation is 1. The summed E-state index contributed by atoms with van der Waals surface area (Å²) >= 11 is 3.33. The molecule has 0 fully saturated rings. The normalized spacial score (nSPS) is 10.5. The lowest BCUT2D eigenvalue weighted by Gasteiger charge is -2.04. The molecule has 23 heavy (non-hydrogen) atoms. The fourth-order valence-corrected chi connectivity index (χ4v) is 2.04. The molecule has 2 aromatic rings. The van der Waals surface area contributed by atoms with E-state index in [2.05, 4.69) is 31.8 Å². The molecule has 0 radical (unpaired) electrons. The molecule has 5 nitrogen and oxygen atoms in total. The van der Waals surface area contributed by atoms with Gasteiger partial charge in [0.1, 0.15) is 0 Å². The predicted octanol–water partition coefficient (Wildman–Crippen LogP) is 3.10. The molecule has 2 amide bonds. The molecule has 6 heteroatoms. The Morgan fingerprint density at radius 3 is 2.30 bits per heavy atom. The average Bonchev–Trinajstić information content (AvgIpc) is 2.57. The average molecular weight is 374 g/mol. The summed E-state index contributed by atoms with van der Waals surface area (Å²) in [5.41, 5.74) is 4.73. The van der Waals surface area contributed by atoms with Crippen molar-refractivity contribution in [1.29, 1.82) is 0 Å². The summed E-state index contributed by atoms with van der Waals surface area (Å²) in [7, 11) is 0. The van der Waals surface area contributed by atoms with E-state index >= 15 is 0 Å². The van der Waals surface area contributed by atoms with Gasteiger partial charge in [-0.15, -0.1) is 0 Å². The first-order valence-electron chi connectivity index (χ1n) is 7.07. The van der Waals surface area contributed by atoms with Gasteiger partial charge in [0.2, 0.25) is 0 Å². The minimum atomic E-state index is -0.821. The highest BCUT2D eigenvalue weighted by Crippen LogP contribution is 2.10. The maximum Gasteiger partial charge on any atom is 0.329 e. The summed E-state index contributed by atoms with van der Waals surface area (Å²) < 4.78 is 0.951. The van der Waals surface area contributed by atoms with E-state index in [4.69, 9.17) is 0 Å². The highest BCUT2D eigenvalue weighted by Gasteiger charge is 2.12. The zero-order valence-corrected chi connectivity index (χ0v) is 14.1. The molecule has 0 heterocycles. The molecule has 0 aliphatic rings. The number of carbonyl (C=O) groups excluding carboxylic acids is 2. The van der Waals surface area contributed by atoms with Crippen molar-refractivity contribution >= 4 is 39.6 Å². The van der Waals surface area contributed by atoms with Gasteiger partial charge in [0.15, 0.2) is 0 Å². The maximum atomic E-state index is 11.8. The summed E-state index contributed by atoms with van der Waals surface area (Å²) in [5.74, 6) is -1.58. The molecule has 0 bridgehead atoms. The number of nitrogens with one attached hydrogen (secondary N) is 2. The summed E-state index contributed by atoms with van der Waals surface area (Å²) in [6, 6.07) is 14.7. The number of hydrazone groups is 1. The Bertz CT molecular complexity index is 710. The Hall–Kier alpha value is -2.47. The number of hydrogen-bond donors (Lipinski definition) is 2. The summed E-state index contributed by atoms with van der Waals surface area (Å²) in [6.45, 7) is 2.05. The molecular weight excluding hydrogens is 358 g/mol. The van der Waals surface area contributed by atoms with E-state index in [1.54, 1.807) is 12.1 Å². The van der Waals surface area contributed by atoms with E-state index in [0.29, 0.717) is 5.69 Å². The lowest BCUT2D eigenvalue weighted by Crippen LogP contribution is -2.32. The standard InChI is InChI=1S/C17H16BrN3O2/c1-2-12-5-9-15(10-6-12)20-16(22)17(23)21-19-11-13-3-7-14(18)8-4-13/h3-11H,2H2,1H3,(H,20,22)(H,21,23)/b19-11+. The molecule has 2 aromatic carbocycles. The van der Waals surface area contributed by atoms with Crippen LogP contribution in [0.3, 0.4) is 0 Å². The molecule has 0 saturated heterocycles. The van der Waals surface area contributed by atoms with Crippen LogP contribution in [0.15, 0.2) is 58.1 Å². The molecule has 0 aliphatic carbocycles. The van der Waals surface area contributed by atoms with Crippen LogP contribution in [0.5, 0.6) is 0 Å². The van der Waals surface area contributed by atoms with Crippen LogP contribution in [0.2, 0.25) is 0 Å². The first kappa shape index (κ1) is 16.9. The SMILES string of the molecule is CCc1ccc(NC(=O)C(=O)N/N=C/c2ccc(Br)cc2)cc1. The molecule has 2 rings (SSSR count). The van der Waals surface area contributed by atoms with Gasteiger partial charge in [0.25, 0.3) is 0 Å². The number of hydrogen-bond acceptors (Lipinski definition) is 3. The van der Waals surface area contributed by atoms with Crippen LogP contribution < -0.4 is 10.7 Å². The highest BCUT2D eigenvalue weighted by molar-refractivity contribution is 9.10. The largest absolute Gasteiger partial charge is 0.329 e. The molecule has 0 aliphatic heterocycles. The van der Waals surface area contributed by atoms with Crippen LogP contribution in [0.25, 0.3) is 0 Å². The van der Waals surface area contributed by atoms with Gasteiger partial charge in [0, 0.05) is 10.2 Å².